The van der Waals surface area contributed by atoms with E-state index in [2.05, 4.69) is 41.0 Å². The molecule has 0 radical (unpaired) electrons. The van der Waals surface area contributed by atoms with Crippen molar-refractivity contribution < 1.29 is 9.63 Å². The van der Waals surface area contributed by atoms with Gasteiger partial charge in [-0.15, -0.1) is 0 Å². The molecule has 23 heavy (non-hydrogen) atoms. The maximum atomic E-state index is 10.6. The molecule has 1 saturated heterocycles. The molecule has 124 valence electrons. The van der Waals surface area contributed by atoms with Crippen LogP contribution in [0.2, 0.25) is 0 Å². The Morgan fingerprint density at radius 3 is 2.83 bits per heavy atom. The van der Waals surface area contributed by atoms with E-state index in [4.69, 9.17) is 4.52 Å². The van der Waals surface area contributed by atoms with Gasteiger partial charge < -0.3 is 9.63 Å². The highest BCUT2D eigenvalue weighted by atomic mass is 16.5. The van der Waals surface area contributed by atoms with Crippen LogP contribution in [0.15, 0.2) is 22.7 Å². The van der Waals surface area contributed by atoms with Gasteiger partial charge in [0.25, 0.3) is 0 Å². The van der Waals surface area contributed by atoms with Crippen molar-refractivity contribution in [2.45, 2.75) is 45.6 Å². The fraction of sp³-hybridized carbons (Fsp3) is 0.556. The number of nitrogens with zero attached hydrogens (tertiary/aromatic N) is 3. The average molecular weight is 315 g/mol. The number of aryl methyl sites for hydroxylation is 3. The van der Waals surface area contributed by atoms with E-state index in [1.165, 1.54) is 11.1 Å². The number of aliphatic hydroxyl groups excluding tert-OH is 1. The van der Waals surface area contributed by atoms with Crippen LogP contribution in [0.1, 0.15) is 53.3 Å². The first kappa shape index (κ1) is 16.1. The molecule has 0 spiro atoms. The van der Waals surface area contributed by atoms with Crippen molar-refractivity contribution in [3.8, 4) is 0 Å². The third-order valence-electron chi connectivity index (χ3n) is 4.74. The second-order valence-corrected chi connectivity index (χ2v) is 6.64. The molecule has 5 nitrogen and oxygen atoms in total. The number of piperidine rings is 1. The molecular weight excluding hydrogens is 290 g/mol. The summed E-state index contributed by atoms with van der Waals surface area (Å²) >= 11 is 0. The van der Waals surface area contributed by atoms with Gasteiger partial charge in [0.15, 0.2) is 5.82 Å². The van der Waals surface area contributed by atoms with Gasteiger partial charge in [0.05, 0.1) is 12.0 Å². The Hall–Kier alpha value is -1.72. The Morgan fingerprint density at radius 1 is 1.30 bits per heavy atom. The summed E-state index contributed by atoms with van der Waals surface area (Å²) in [7, 11) is 0. The van der Waals surface area contributed by atoms with Gasteiger partial charge >= 0.3 is 0 Å². The molecule has 0 saturated carbocycles. The number of aromatic nitrogens is 2. The summed E-state index contributed by atoms with van der Waals surface area (Å²) < 4.78 is 5.32. The van der Waals surface area contributed by atoms with E-state index in [9.17, 15) is 5.11 Å². The molecule has 2 heterocycles. The lowest BCUT2D eigenvalue weighted by Crippen LogP contribution is -2.37. The van der Waals surface area contributed by atoms with E-state index >= 15 is 0 Å². The maximum Gasteiger partial charge on any atom is 0.231 e. The third-order valence-corrected chi connectivity index (χ3v) is 4.74. The molecular formula is C18H25N3O2. The van der Waals surface area contributed by atoms with Crippen molar-refractivity contribution >= 4 is 0 Å². The van der Waals surface area contributed by atoms with Crippen molar-refractivity contribution in [2.75, 3.05) is 19.6 Å². The lowest BCUT2D eigenvalue weighted by molar-refractivity contribution is 0.0910. The van der Waals surface area contributed by atoms with E-state index in [0.717, 1.165) is 37.4 Å². The molecule has 1 aliphatic rings. The largest absolute Gasteiger partial charge is 0.387 e. The Morgan fingerprint density at radius 2 is 2.13 bits per heavy atom. The first-order valence-electron chi connectivity index (χ1n) is 8.30. The first-order chi connectivity index (χ1) is 11.0. The van der Waals surface area contributed by atoms with Crippen LogP contribution in [0, 0.1) is 20.8 Å². The first-order valence-corrected chi connectivity index (χ1v) is 8.30. The lowest BCUT2D eigenvalue weighted by atomic mass is 9.96. The zero-order chi connectivity index (χ0) is 16.4. The van der Waals surface area contributed by atoms with E-state index < -0.39 is 6.10 Å². The minimum Gasteiger partial charge on any atom is -0.387 e. The Labute approximate surface area is 137 Å². The molecule has 5 heteroatoms. The summed E-state index contributed by atoms with van der Waals surface area (Å²) in [6.45, 7) is 8.53. The van der Waals surface area contributed by atoms with Gasteiger partial charge in [0.2, 0.25) is 5.89 Å². The minimum atomic E-state index is -0.461. The smallest absolute Gasteiger partial charge is 0.231 e. The van der Waals surface area contributed by atoms with Gasteiger partial charge in [0.1, 0.15) is 0 Å². The molecule has 0 unspecified atom stereocenters. The van der Waals surface area contributed by atoms with Crippen molar-refractivity contribution in [1.82, 2.24) is 15.0 Å². The molecule has 1 fully saturated rings. The number of benzene rings is 1. The Balaban J connectivity index is 1.63. The van der Waals surface area contributed by atoms with Crippen molar-refractivity contribution in [3.05, 3.63) is 46.6 Å². The Kier molecular flexibility index (Phi) is 4.78. The number of hydrogen-bond acceptors (Lipinski definition) is 5. The predicted molar refractivity (Wildman–Crippen MR) is 88.3 cm³/mol. The van der Waals surface area contributed by atoms with Gasteiger partial charge in [-0.3, -0.25) is 4.90 Å². The molecule has 0 bridgehead atoms. The second kappa shape index (κ2) is 6.81. The van der Waals surface area contributed by atoms with E-state index in [-0.39, 0.29) is 5.92 Å². The van der Waals surface area contributed by atoms with Crippen LogP contribution in [-0.4, -0.2) is 39.8 Å². The van der Waals surface area contributed by atoms with Gasteiger partial charge in [-0.25, -0.2) is 0 Å². The molecule has 2 atom stereocenters. The van der Waals surface area contributed by atoms with Crippen LogP contribution >= 0.6 is 0 Å². The van der Waals surface area contributed by atoms with Crippen LogP contribution in [0.25, 0.3) is 0 Å². The van der Waals surface area contributed by atoms with Crippen LogP contribution in [0.5, 0.6) is 0 Å². The summed E-state index contributed by atoms with van der Waals surface area (Å²) in [5, 5.41) is 14.4. The summed E-state index contributed by atoms with van der Waals surface area (Å²) in [5.74, 6) is 1.69. The summed E-state index contributed by atoms with van der Waals surface area (Å²) in [4.78, 5) is 6.66. The zero-order valence-corrected chi connectivity index (χ0v) is 14.1. The van der Waals surface area contributed by atoms with Crippen molar-refractivity contribution in [1.29, 1.82) is 0 Å². The Bertz CT molecular complexity index is 668. The molecule has 2 aromatic rings. The highest BCUT2D eigenvalue weighted by molar-refractivity contribution is 5.31. The highest BCUT2D eigenvalue weighted by Gasteiger charge is 2.27. The van der Waals surface area contributed by atoms with Crippen molar-refractivity contribution in [2.24, 2.45) is 0 Å². The summed E-state index contributed by atoms with van der Waals surface area (Å²) in [6.07, 6.45) is 1.70. The van der Waals surface area contributed by atoms with Gasteiger partial charge in [0, 0.05) is 13.1 Å². The molecule has 3 rings (SSSR count). The summed E-state index contributed by atoms with van der Waals surface area (Å²) in [5.41, 5.74) is 3.47. The number of hydrogen-bond donors (Lipinski definition) is 1. The van der Waals surface area contributed by atoms with E-state index in [1.54, 1.807) is 0 Å². The molecule has 1 N–H and O–H groups in total. The zero-order valence-electron chi connectivity index (χ0n) is 14.1. The average Bonchev–Trinajstić information content (AvgIpc) is 2.97. The standard InChI is InChI=1S/C18H25N3O2/c1-12-6-7-15(9-13(12)2)17(22)11-21-8-4-5-16(10-21)18-19-14(3)20-23-18/h6-7,9,16-17,22H,4-5,8,10-11H2,1-3H3/t16-,17-/m1/s1. The van der Waals surface area contributed by atoms with Gasteiger partial charge in [-0.2, -0.15) is 4.98 Å². The van der Waals surface area contributed by atoms with Crippen LogP contribution in [-0.2, 0) is 0 Å². The van der Waals surface area contributed by atoms with Crippen LogP contribution in [0.4, 0.5) is 0 Å². The van der Waals surface area contributed by atoms with Crippen LogP contribution in [0.3, 0.4) is 0 Å². The molecule has 0 amide bonds. The molecule has 1 aromatic heterocycles. The topological polar surface area (TPSA) is 62.4 Å². The molecule has 1 aromatic carbocycles. The number of rotatable bonds is 4. The fourth-order valence-electron chi connectivity index (χ4n) is 3.22. The maximum absolute atomic E-state index is 10.6. The van der Waals surface area contributed by atoms with Gasteiger partial charge in [-0.1, -0.05) is 23.4 Å². The number of β-amino-alcohol motifs (C(OH)–C–C–N with tert-alkyl or cyclic N) is 1. The lowest BCUT2D eigenvalue weighted by Gasteiger charge is -2.32. The predicted octanol–water partition coefficient (Wildman–Crippen LogP) is 2.91. The van der Waals surface area contributed by atoms with Crippen LogP contribution < -0.4 is 0 Å². The molecule has 0 aliphatic carbocycles. The minimum absolute atomic E-state index is 0.275. The van der Waals surface area contributed by atoms with Crippen molar-refractivity contribution in [3.63, 3.8) is 0 Å². The third kappa shape index (κ3) is 3.79. The number of likely N-dealkylation sites (tertiary alicyclic amines) is 1. The van der Waals surface area contributed by atoms with E-state index in [1.807, 2.05) is 13.0 Å². The number of aliphatic hydroxyl groups is 1. The fourth-order valence-corrected chi connectivity index (χ4v) is 3.22. The normalized spacial score (nSPS) is 20.6. The monoisotopic (exact) mass is 315 g/mol. The molecule has 1 aliphatic heterocycles. The SMILES string of the molecule is Cc1noc([C@@H]2CCCN(C[C@@H](O)c3ccc(C)c(C)c3)C2)n1. The van der Waals surface area contributed by atoms with Gasteiger partial charge in [-0.05, 0) is 56.8 Å². The quantitative estimate of drug-likeness (QED) is 0.940. The second-order valence-electron chi connectivity index (χ2n) is 6.64. The highest BCUT2D eigenvalue weighted by Crippen LogP contribution is 2.27. The van der Waals surface area contributed by atoms with E-state index in [0.29, 0.717) is 12.4 Å². The summed E-state index contributed by atoms with van der Waals surface area (Å²) in [6, 6.07) is 6.19.